The first-order valence-electron chi connectivity index (χ1n) is 7.36. The molecule has 1 aromatic heterocycles. The van der Waals surface area contributed by atoms with Crippen LogP contribution in [0.2, 0.25) is 0 Å². The van der Waals surface area contributed by atoms with Crippen LogP contribution in [-0.4, -0.2) is 10.5 Å². The number of rotatable bonds is 4. The van der Waals surface area contributed by atoms with E-state index in [1.807, 2.05) is 73.8 Å². The van der Waals surface area contributed by atoms with Crippen LogP contribution in [0.15, 0.2) is 66.9 Å². The van der Waals surface area contributed by atoms with Crippen LogP contribution >= 0.6 is 0 Å². The van der Waals surface area contributed by atoms with E-state index in [1.54, 1.807) is 0 Å². The van der Waals surface area contributed by atoms with Crippen LogP contribution in [0.25, 0.3) is 22.3 Å². The molecule has 3 rings (SSSR count). The van der Waals surface area contributed by atoms with E-state index >= 15 is 0 Å². The zero-order valence-corrected chi connectivity index (χ0v) is 12.5. The van der Waals surface area contributed by atoms with Crippen LogP contribution < -0.4 is 5.84 Å². The maximum Gasteiger partial charge on any atom is 0.181 e. The number of carbonyl (C=O) groups excluding carboxylic acids is 1. The molecule has 3 heteroatoms. The highest BCUT2D eigenvalue weighted by Gasteiger charge is 2.21. The van der Waals surface area contributed by atoms with E-state index < -0.39 is 0 Å². The Morgan fingerprint density at radius 3 is 2.05 bits per heavy atom. The molecule has 3 aromatic rings. The van der Waals surface area contributed by atoms with Crippen molar-refractivity contribution in [3.05, 3.63) is 72.6 Å². The highest BCUT2D eigenvalue weighted by molar-refractivity contribution is 6.05. The van der Waals surface area contributed by atoms with Crippen molar-refractivity contribution in [1.82, 2.24) is 4.68 Å². The number of nitrogens with zero attached hydrogens (tertiary/aromatic N) is 1. The molecule has 0 amide bonds. The summed E-state index contributed by atoms with van der Waals surface area (Å²) in [5.41, 5.74) is 4.50. The molecule has 0 radical (unpaired) electrons. The van der Waals surface area contributed by atoms with Crippen molar-refractivity contribution in [1.29, 1.82) is 0 Å². The second-order valence-electron chi connectivity index (χ2n) is 5.18. The standard InChI is InChI=1S/C19H18N2O/c1-2-17(22)19-18(15-11-7-4-8-12-15)16(13-21(19)20)14-9-5-3-6-10-14/h3-13H,2,20H2,1H3. The second kappa shape index (κ2) is 5.90. The lowest BCUT2D eigenvalue weighted by molar-refractivity contribution is 0.0982. The summed E-state index contributed by atoms with van der Waals surface area (Å²) in [6.45, 7) is 1.85. The van der Waals surface area contributed by atoms with Gasteiger partial charge in [-0.3, -0.25) is 9.47 Å². The highest BCUT2D eigenvalue weighted by Crippen LogP contribution is 2.36. The quantitative estimate of drug-likeness (QED) is 0.580. The third kappa shape index (κ3) is 2.42. The van der Waals surface area contributed by atoms with E-state index in [4.69, 9.17) is 5.84 Å². The smallest absolute Gasteiger partial charge is 0.181 e. The Morgan fingerprint density at radius 1 is 0.955 bits per heavy atom. The first-order chi connectivity index (χ1) is 10.7. The maximum atomic E-state index is 12.4. The molecule has 0 saturated carbocycles. The van der Waals surface area contributed by atoms with Gasteiger partial charge in [0, 0.05) is 23.7 Å². The van der Waals surface area contributed by atoms with Crippen molar-refractivity contribution < 1.29 is 4.79 Å². The van der Waals surface area contributed by atoms with Gasteiger partial charge < -0.3 is 5.84 Å². The van der Waals surface area contributed by atoms with Crippen LogP contribution in [0.4, 0.5) is 0 Å². The fourth-order valence-corrected chi connectivity index (χ4v) is 2.71. The molecular formula is C19H18N2O. The van der Waals surface area contributed by atoms with E-state index in [2.05, 4.69) is 0 Å². The fraction of sp³-hybridized carbons (Fsp3) is 0.105. The van der Waals surface area contributed by atoms with E-state index in [0.717, 1.165) is 22.3 Å². The number of carbonyl (C=O) groups is 1. The first kappa shape index (κ1) is 14.1. The molecule has 2 aromatic carbocycles. The summed E-state index contributed by atoms with van der Waals surface area (Å²) in [6, 6.07) is 19.9. The predicted molar refractivity (Wildman–Crippen MR) is 90.1 cm³/mol. The SMILES string of the molecule is CCC(=O)c1c(-c2ccccc2)c(-c2ccccc2)cn1N. The molecule has 0 spiro atoms. The summed E-state index contributed by atoms with van der Waals surface area (Å²) >= 11 is 0. The fourth-order valence-electron chi connectivity index (χ4n) is 2.71. The molecular weight excluding hydrogens is 272 g/mol. The number of benzene rings is 2. The molecule has 110 valence electrons. The van der Waals surface area contributed by atoms with Crippen LogP contribution in [0.3, 0.4) is 0 Å². The van der Waals surface area contributed by atoms with Gasteiger partial charge in [0.1, 0.15) is 5.69 Å². The van der Waals surface area contributed by atoms with Gasteiger partial charge in [0.2, 0.25) is 0 Å². The van der Waals surface area contributed by atoms with Crippen LogP contribution in [-0.2, 0) is 0 Å². The lowest BCUT2D eigenvalue weighted by atomic mass is 9.95. The molecule has 0 atom stereocenters. The molecule has 0 bridgehead atoms. The number of aromatic nitrogens is 1. The summed E-state index contributed by atoms with van der Waals surface area (Å²) in [4.78, 5) is 12.4. The Hall–Kier alpha value is -2.81. The van der Waals surface area contributed by atoms with Gasteiger partial charge in [0.05, 0.1) is 0 Å². The molecule has 1 heterocycles. The molecule has 0 unspecified atom stereocenters. The number of Topliss-reactive ketones (excluding diaryl/α,β-unsaturated/α-hetero) is 1. The van der Waals surface area contributed by atoms with Crippen LogP contribution in [0.1, 0.15) is 23.8 Å². The first-order valence-corrected chi connectivity index (χ1v) is 7.36. The number of hydrogen-bond acceptors (Lipinski definition) is 2. The Labute approximate surface area is 130 Å². The van der Waals surface area contributed by atoms with Crippen molar-refractivity contribution in [2.24, 2.45) is 0 Å². The van der Waals surface area contributed by atoms with Gasteiger partial charge in [-0.15, -0.1) is 0 Å². The number of nitrogens with two attached hydrogens (primary N) is 1. The molecule has 0 aliphatic rings. The molecule has 3 nitrogen and oxygen atoms in total. The molecule has 2 N–H and O–H groups in total. The van der Waals surface area contributed by atoms with Crippen molar-refractivity contribution in [2.75, 3.05) is 5.84 Å². The third-order valence-corrected chi connectivity index (χ3v) is 3.77. The van der Waals surface area contributed by atoms with E-state index in [1.165, 1.54) is 4.68 Å². The summed E-state index contributed by atoms with van der Waals surface area (Å²) in [6.07, 6.45) is 2.26. The Bertz CT molecular complexity index is 789. The van der Waals surface area contributed by atoms with Crippen molar-refractivity contribution in [3.63, 3.8) is 0 Å². The van der Waals surface area contributed by atoms with Gasteiger partial charge >= 0.3 is 0 Å². The minimum atomic E-state index is 0.0449. The summed E-state index contributed by atoms with van der Waals surface area (Å²) in [5, 5.41) is 0. The Morgan fingerprint density at radius 2 is 1.50 bits per heavy atom. The minimum Gasteiger partial charge on any atom is -0.339 e. The van der Waals surface area contributed by atoms with E-state index in [0.29, 0.717) is 12.1 Å². The summed E-state index contributed by atoms with van der Waals surface area (Å²) in [5.74, 6) is 6.13. The molecule has 0 fully saturated rings. The van der Waals surface area contributed by atoms with Crippen molar-refractivity contribution in [3.8, 4) is 22.3 Å². The van der Waals surface area contributed by atoms with E-state index in [-0.39, 0.29) is 5.78 Å². The monoisotopic (exact) mass is 290 g/mol. The molecule has 0 saturated heterocycles. The normalized spacial score (nSPS) is 10.6. The second-order valence-corrected chi connectivity index (χ2v) is 5.18. The van der Waals surface area contributed by atoms with Crippen molar-refractivity contribution >= 4 is 5.78 Å². The number of hydrogen-bond donors (Lipinski definition) is 1. The Kier molecular flexibility index (Phi) is 3.79. The zero-order valence-electron chi connectivity index (χ0n) is 12.5. The molecule has 22 heavy (non-hydrogen) atoms. The van der Waals surface area contributed by atoms with Crippen molar-refractivity contribution in [2.45, 2.75) is 13.3 Å². The maximum absolute atomic E-state index is 12.4. The van der Waals surface area contributed by atoms with Gasteiger partial charge in [0.25, 0.3) is 0 Å². The van der Waals surface area contributed by atoms with Gasteiger partial charge in [-0.2, -0.15) is 0 Å². The molecule has 0 aliphatic heterocycles. The van der Waals surface area contributed by atoms with Gasteiger partial charge in [-0.25, -0.2) is 0 Å². The summed E-state index contributed by atoms with van der Waals surface area (Å²) in [7, 11) is 0. The lowest BCUT2D eigenvalue weighted by Gasteiger charge is -2.08. The van der Waals surface area contributed by atoms with Crippen LogP contribution in [0.5, 0.6) is 0 Å². The zero-order chi connectivity index (χ0) is 15.5. The predicted octanol–water partition coefficient (Wildman–Crippen LogP) is 4.13. The average molecular weight is 290 g/mol. The van der Waals surface area contributed by atoms with Gasteiger partial charge in [-0.1, -0.05) is 67.6 Å². The molecule has 0 aliphatic carbocycles. The summed E-state index contributed by atoms with van der Waals surface area (Å²) < 4.78 is 1.45. The highest BCUT2D eigenvalue weighted by atomic mass is 16.1. The average Bonchev–Trinajstić information content (AvgIpc) is 2.93. The van der Waals surface area contributed by atoms with Crippen LogP contribution in [0, 0.1) is 0 Å². The minimum absolute atomic E-state index is 0.0449. The largest absolute Gasteiger partial charge is 0.339 e. The van der Waals surface area contributed by atoms with Gasteiger partial charge in [-0.05, 0) is 11.1 Å². The third-order valence-electron chi connectivity index (χ3n) is 3.77. The Balaban J connectivity index is 2.30. The topological polar surface area (TPSA) is 48.0 Å². The van der Waals surface area contributed by atoms with E-state index in [9.17, 15) is 4.79 Å². The lowest BCUT2D eigenvalue weighted by Crippen LogP contribution is -2.15. The van der Waals surface area contributed by atoms with Gasteiger partial charge in [0.15, 0.2) is 5.78 Å². The number of ketones is 1. The number of nitrogen functional groups attached to an aromatic ring is 1.